The van der Waals surface area contributed by atoms with E-state index in [4.69, 9.17) is 10.0 Å². The minimum absolute atomic E-state index is 0.0227. The van der Waals surface area contributed by atoms with Gasteiger partial charge in [-0.1, -0.05) is 52.9 Å². The highest BCUT2D eigenvalue weighted by Gasteiger charge is 2.32. The third-order valence-electron chi connectivity index (χ3n) is 3.65. The fraction of sp³-hybridized carbons (Fsp3) is 0.923. The van der Waals surface area contributed by atoms with Crippen molar-refractivity contribution in [1.82, 2.24) is 0 Å². The van der Waals surface area contributed by atoms with Crippen molar-refractivity contribution in [3.8, 4) is 0 Å². The summed E-state index contributed by atoms with van der Waals surface area (Å²) in [5.41, 5.74) is -0.379. The molecule has 0 amide bonds. The Hall–Kier alpha value is -0.345. The van der Waals surface area contributed by atoms with E-state index in [1.165, 1.54) is 25.7 Å². The SMILES string of the molecule is CCCCCCCC(C)(CC)C(=O)CB(O)O. The first-order valence-electron chi connectivity index (χ1n) is 6.85. The Morgan fingerprint density at radius 2 is 1.71 bits per heavy atom. The quantitative estimate of drug-likeness (QED) is 0.457. The maximum Gasteiger partial charge on any atom is 0.459 e. The van der Waals surface area contributed by atoms with Crippen LogP contribution in [0.1, 0.15) is 65.7 Å². The Kier molecular flexibility index (Phi) is 8.53. The molecule has 0 spiro atoms. The topological polar surface area (TPSA) is 57.5 Å². The van der Waals surface area contributed by atoms with Gasteiger partial charge in [-0.15, -0.1) is 0 Å². The van der Waals surface area contributed by atoms with E-state index >= 15 is 0 Å². The molecule has 0 fully saturated rings. The van der Waals surface area contributed by atoms with Crippen molar-refractivity contribution in [2.45, 2.75) is 72.0 Å². The normalized spacial score (nSPS) is 14.4. The Bertz CT molecular complexity index is 219. The van der Waals surface area contributed by atoms with E-state index in [1.807, 2.05) is 13.8 Å². The van der Waals surface area contributed by atoms with Crippen LogP contribution in [0.2, 0.25) is 6.32 Å². The average molecular weight is 242 g/mol. The van der Waals surface area contributed by atoms with Gasteiger partial charge in [0, 0.05) is 11.7 Å². The molecule has 0 rings (SSSR count). The van der Waals surface area contributed by atoms with Gasteiger partial charge in [0.1, 0.15) is 5.78 Å². The number of hydrogen-bond donors (Lipinski definition) is 2. The van der Waals surface area contributed by atoms with E-state index in [9.17, 15) is 4.79 Å². The molecule has 17 heavy (non-hydrogen) atoms. The van der Waals surface area contributed by atoms with Crippen molar-refractivity contribution in [3.63, 3.8) is 0 Å². The molecule has 0 heterocycles. The van der Waals surface area contributed by atoms with Crippen LogP contribution >= 0.6 is 0 Å². The smallest absolute Gasteiger partial charge is 0.427 e. The summed E-state index contributed by atoms with van der Waals surface area (Å²) in [6.45, 7) is 6.12. The highest BCUT2D eigenvalue weighted by molar-refractivity contribution is 6.46. The third-order valence-corrected chi connectivity index (χ3v) is 3.65. The lowest BCUT2D eigenvalue weighted by Gasteiger charge is -2.26. The van der Waals surface area contributed by atoms with Crippen molar-refractivity contribution in [2.24, 2.45) is 5.41 Å². The van der Waals surface area contributed by atoms with Gasteiger partial charge in [0.2, 0.25) is 0 Å². The van der Waals surface area contributed by atoms with Gasteiger partial charge in [-0.2, -0.15) is 0 Å². The van der Waals surface area contributed by atoms with Crippen molar-refractivity contribution >= 4 is 12.9 Å². The minimum atomic E-state index is -1.51. The summed E-state index contributed by atoms with van der Waals surface area (Å²) in [5.74, 6) is -0.0227. The first-order valence-corrected chi connectivity index (χ1v) is 6.85. The van der Waals surface area contributed by atoms with E-state index in [0.29, 0.717) is 0 Å². The molecule has 0 aliphatic carbocycles. The molecular formula is C13H27BO3. The molecule has 0 aromatic heterocycles. The second kappa shape index (κ2) is 8.70. The summed E-state index contributed by atoms with van der Waals surface area (Å²) in [4.78, 5) is 11.9. The van der Waals surface area contributed by atoms with E-state index in [-0.39, 0.29) is 17.5 Å². The first-order chi connectivity index (χ1) is 7.96. The van der Waals surface area contributed by atoms with E-state index in [1.54, 1.807) is 0 Å². The van der Waals surface area contributed by atoms with Gasteiger partial charge in [-0.25, -0.2) is 0 Å². The zero-order valence-electron chi connectivity index (χ0n) is 11.5. The molecule has 0 aromatic carbocycles. The lowest BCUT2D eigenvalue weighted by molar-refractivity contribution is -0.126. The Balaban J connectivity index is 4.04. The number of rotatable bonds is 10. The van der Waals surface area contributed by atoms with Crippen LogP contribution in [0.25, 0.3) is 0 Å². The van der Waals surface area contributed by atoms with Gasteiger partial charge in [-0.3, -0.25) is 4.79 Å². The molecular weight excluding hydrogens is 215 g/mol. The van der Waals surface area contributed by atoms with Gasteiger partial charge in [0.25, 0.3) is 0 Å². The number of hydrogen-bond acceptors (Lipinski definition) is 3. The summed E-state index contributed by atoms with van der Waals surface area (Å²) in [6.07, 6.45) is 7.42. The third kappa shape index (κ3) is 6.84. The van der Waals surface area contributed by atoms with Crippen LogP contribution in [0.4, 0.5) is 0 Å². The summed E-state index contributed by atoms with van der Waals surface area (Å²) in [7, 11) is -1.51. The molecule has 3 nitrogen and oxygen atoms in total. The highest BCUT2D eigenvalue weighted by atomic mass is 16.4. The van der Waals surface area contributed by atoms with Crippen molar-refractivity contribution < 1.29 is 14.8 Å². The van der Waals surface area contributed by atoms with Gasteiger partial charge in [-0.05, 0) is 12.8 Å². The van der Waals surface area contributed by atoms with E-state index < -0.39 is 7.12 Å². The standard InChI is InChI=1S/C13H27BO3/c1-4-6-7-8-9-10-13(3,5-2)12(15)11-14(16)17/h16-17H,4-11H2,1-3H3. The molecule has 0 saturated heterocycles. The zero-order chi connectivity index (χ0) is 13.3. The molecule has 4 heteroatoms. The Labute approximate surface area is 106 Å². The lowest BCUT2D eigenvalue weighted by Crippen LogP contribution is -2.31. The molecule has 100 valence electrons. The maximum absolute atomic E-state index is 11.9. The van der Waals surface area contributed by atoms with Crippen molar-refractivity contribution in [3.05, 3.63) is 0 Å². The van der Waals surface area contributed by atoms with Crippen LogP contribution in [0.15, 0.2) is 0 Å². The Morgan fingerprint density at radius 3 is 2.18 bits per heavy atom. The fourth-order valence-electron chi connectivity index (χ4n) is 2.04. The number of carbonyl (C=O) groups excluding carboxylic acids is 1. The van der Waals surface area contributed by atoms with Crippen LogP contribution in [0, 0.1) is 5.41 Å². The molecule has 1 atom stereocenters. The summed E-state index contributed by atoms with van der Waals surface area (Å²) < 4.78 is 0. The van der Waals surface area contributed by atoms with Gasteiger partial charge < -0.3 is 10.0 Å². The summed E-state index contributed by atoms with van der Waals surface area (Å²) >= 11 is 0. The second-order valence-corrected chi connectivity index (χ2v) is 5.19. The van der Waals surface area contributed by atoms with Crippen LogP contribution < -0.4 is 0 Å². The van der Waals surface area contributed by atoms with Gasteiger partial charge in [0.15, 0.2) is 0 Å². The largest absolute Gasteiger partial charge is 0.459 e. The fourth-order valence-corrected chi connectivity index (χ4v) is 2.04. The molecule has 0 saturated carbocycles. The predicted octanol–water partition coefficient (Wildman–Crippen LogP) is 2.81. The van der Waals surface area contributed by atoms with Crippen LogP contribution in [-0.2, 0) is 4.79 Å². The maximum atomic E-state index is 11.9. The molecule has 0 aliphatic rings. The average Bonchev–Trinajstić information content (AvgIpc) is 2.27. The highest BCUT2D eigenvalue weighted by Crippen LogP contribution is 2.31. The Morgan fingerprint density at radius 1 is 1.12 bits per heavy atom. The number of unbranched alkanes of at least 4 members (excludes halogenated alkanes) is 4. The molecule has 0 bridgehead atoms. The molecule has 1 unspecified atom stereocenters. The van der Waals surface area contributed by atoms with Crippen LogP contribution in [0.3, 0.4) is 0 Å². The molecule has 0 aromatic rings. The number of ketones is 1. The molecule has 0 aliphatic heterocycles. The number of carbonyl (C=O) groups is 1. The predicted molar refractivity (Wildman–Crippen MR) is 71.8 cm³/mol. The van der Waals surface area contributed by atoms with Gasteiger partial charge >= 0.3 is 7.12 Å². The van der Waals surface area contributed by atoms with Crippen molar-refractivity contribution in [2.75, 3.05) is 0 Å². The molecule has 2 N–H and O–H groups in total. The monoisotopic (exact) mass is 242 g/mol. The number of Topliss-reactive ketones (excluding diaryl/α,β-unsaturated/α-hetero) is 1. The van der Waals surface area contributed by atoms with Gasteiger partial charge in [0.05, 0.1) is 0 Å². The minimum Gasteiger partial charge on any atom is -0.427 e. The zero-order valence-corrected chi connectivity index (χ0v) is 11.5. The van der Waals surface area contributed by atoms with Crippen LogP contribution in [-0.4, -0.2) is 22.9 Å². The summed E-state index contributed by atoms with van der Waals surface area (Å²) in [5, 5.41) is 17.7. The van der Waals surface area contributed by atoms with Crippen LogP contribution in [0.5, 0.6) is 0 Å². The summed E-state index contributed by atoms with van der Waals surface area (Å²) in [6, 6.07) is 0. The first kappa shape index (κ1) is 16.7. The van der Waals surface area contributed by atoms with E-state index in [0.717, 1.165) is 19.3 Å². The van der Waals surface area contributed by atoms with Crippen molar-refractivity contribution in [1.29, 1.82) is 0 Å². The lowest BCUT2D eigenvalue weighted by atomic mass is 9.70. The molecule has 0 radical (unpaired) electrons. The second-order valence-electron chi connectivity index (χ2n) is 5.19. The van der Waals surface area contributed by atoms with E-state index in [2.05, 4.69) is 6.92 Å².